The second-order valence-corrected chi connectivity index (χ2v) is 7.92. The highest BCUT2D eigenvalue weighted by Crippen LogP contribution is 2.22. The van der Waals surface area contributed by atoms with Gasteiger partial charge in [-0.1, -0.05) is 0 Å². The normalized spacial score (nSPS) is 16.8. The largest absolute Gasteiger partial charge is 0.398 e. The van der Waals surface area contributed by atoms with Crippen molar-refractivity contribution in [2.75, 3.05) is 55.8 Å². The summed E-state index contributed by atoms with van der Waals surface area (Å²) in [5, 5.41) is 3.29. The maximum atomic E-state index is 11.7. The second kappa shape index (κ2) is 7.35. The number of nitrogens with two attached hydrogens (primary N) is 1. The molecule has 0 atom stereocenters. The summed E-state index contributed by atoms with van der Waals surface area (Å²) >= 11 is 2.00. The summed E-state index contributed by atoms with van der Waals surface area (Å²) in [7, 11) is -2.12. The van der Waals surface area contributed by atoms with Gasteiger partial charge in [0.25, 0.3) is 0 Å². The van der Waals surface area contributed by atoms with Crippen LogP contribution in [-0.4, -0.2) is 58.1 Å². The van der Waals surface area contributed by atoms with Crippen molar-refractivity contribution in [3.63, 3.8) is 0 Å². The molecular weight excluding hydrogens is 308 g/mol. The Morgan fingerprint density at radius 3 is 2.67 bits per heavy atom. The molecule has 1 saturated heterocycles. The van der Waals surface area contributed by atoms with Gasteiger partial charge in [0.2, 0.25) is 10.0 Å². The van der Waals surface area contributed by atoms with Crippen LogP contribution in [0, 0.1) is 0 Å². The zero-order chi connectivity index (χ0) is 15.3. The minimum absolute atomic E-state index is 0.114. The number of hydrogen-bond acceptors (Lipinski definition) is 6. The van der Waals surface area contributed by atoms with Crippen LogP contribution in [0.3, 0.4) is 0 Å². The molecule has 4 N–H and O–H groups in total. The van der Waals surface area contributed by atoms with Crippen LogP contribution in [0.1, 0.15) is 0 Å². The van der Waals surface area contributed by atoms with Gasteiger partial charge >= 0.3 is 0 Å². The van der Waals surface area contributed by atoms with Gasteiger partial charge in [0.15, 0.2) is 0 Å². The van der Waals surface area contributed by atoms with Crippen molar-refractivity contribution in [2.45, 2.75) is 4.90 Å². The first-order valence-corrected chi connectivity index (χ1v) is 9.54. The first-order chi connectivity index (χ1) is 10.0. The number of thioether (sulfide) groups is 1. The number of anilines is 2. The van der Waals surface area contributed by atoms with E-state index in [1.54, 1.807) is 12.1 Å². The first kappa shape index (κ1) is 16.4. The van der Waals surface area contributed by atoms with E-state index >= 15 is 0 Å². The minimum atomic E-state index is -3.50. The Balaban J connectivity index is 1.91. The molecule has 1 heterocycles. The van der Waals surface area contributed by atoms with Gasteiger partial charge in [0.05, 0.1) is 5.69 Å². The maximum absolute atomic E-state index is 11.7. The van der Waals surface area contributed by atoms with Crippen LogP contribution in [0.25, 0.3) is 0 Å². The number of nitrogen functional groups attached to an aromatic ring is 1. The van der Waals surface area contributed by atoms with E-state index < -0.39 is 10.0 Å². The summed E-state index contributed by atoms with van der Waals surface area (Å²) in [6.45, 7) is 4.07. The predicted octanol–water partition coefficient (Wildman–Crippen LogP) is 0.638. The molecule has 2 rings (SSSR count). The lowest BCUT2D eigenvalue weighted by molar-refractivity contribution is 0.314. The topological polar surface area (TPSA) is 87.5 Å². The van der Waals surface area contributed by atoms with Crippen molar-refractivity contribution in [2.24, 2.45) is 0 Å². The van der Waals surface area contributed by atoms with Crippen LogP contribution in [0.15, 0.2) is 23.1 Å². The van der Waals surface area contributed by atoms with E-state index in [0.717, 1.165) is 31.9 Å². The molecule has 1 fully saturated rings. The number of nitrogens with zero attached hydrogens (tertiary/aromatic N) is 1. The van der Waals surface area contributed by atoms with Crippen LogP contribution in [-0.2, 0) is 10.0 Å². The summed E-state index contributed by atoms with van der Waals surface area (Å²) < 4.78 is 25.7. The fourth-order valence-electron chi connectivity index (χ4n) is 2.20. The SMILES string of the molecule is CNS(=O)(=O)c1ccc(NCCN2CCSCC2)cc1N. The highest BCUT2D eigenvalue weighted by Gasteiger charge is 2.15. The zero-order valence-electron chi connectivity index (χ0n) is 12.1. The van der Waals surface area contributed by atoms with Crippen LogP contribution in [0.4, 0.5) is 11.4 Å². The fourth-order valence-corrected chi connectivity index (χ4v) is 4.01. The van der Waals surface area contributed by atoms with Gasteiger partial charge in [-0.3, -0.25) is 4.90 Å². The average Bonchev–Trinajstić information content (AvgIpc) is 2.48. The van der Waals surface area contributed by atoms with Gasteiger partial charge in [-0.15, -0.1) is 0 Å². The lowest BCUT2D eigenvalue weighted by Crippen LogP contribution is -2.36. The third kappa shape index (κ3) is 4.50. The molecule has 0 unspecified atom stereocenters. The molecule has 21 heavy (non-hydrogen) atoms. The third-order valence-corrected chi connectivity index (χ3v) is 5.86. The van der Waals surface area contributed by atoms with Crippen molar-refractivity contribution in [1.29, 1.82) is 0 Å². The lowest BCUT2D eigenvalue weighted by atomic mass is 10.3. The van der Waals surface area contributed by atoms with Crippen molar-refractivity contribution in [3.05, 3.63) is 18.2 Å². The van der Waals surface area contributed by atoms with Gasteiger partial charge in [0.1, 0.15) is 4.90 Å². The molecule has 1 aromatic carbocycles. The maximum Gasteiger partial charge on any atom is 0.242 e. The molecule has 6 nitrogen and oxygen atoms in total. The monoisotopic (exact) mass is 330 g/mol. The Labute approximate surface area is 130 Å². The van der Waals surface area contributed by atoms with E-state index in [0.29, 0.717) is 0 Å². The Morgan fingerprint density at radius 1 is 1.33 bits per heavy atom. The molecule has 118 valence electrons. The average molecular weight is 330 g/mol. The van der Waals surface area contributed by atoms with E-state index in [2.05, 4.69) is 14.9 Å². The van der Waals surface area contributed by atoms with Gasteiger partial charge in [-0.05, 0) is 25.2 Å². The number of rotatable bonds is 6. The number of nitrogens with one attached hydrogen (secondary N) is 2. The molecular formula is C13H22N4O2S2. The van der Waals surface area contributed by atoms with E-state index in [4.69, 9.17) is 5.73 Å². The highest BCUT2D eigenvalue weighted by molar-refractivity contribution is 7.99. The van der Waals surface area contributed by atoms with Crippen LogP contribution < -0.4 is 15.8 Å². The lowest BCUT2D eigenvalue weighted by Gasteiger charge is -2.26. The number of hydrogen-bond donors (Lipinski definition) is 3. The Bertz CT molecular complexity index is 572. The fraction of sp³-hybridized carbons (Fsp3) is 0.538. The molecule has 1 aliphatic rings. The van der Waals surface area contributed by atoms with E-state index in [9.17, 15) is 8.42 Å². The van der Waals surface area contributed by atoms with Crippen LogP contribution in [0.2, 0.25) is 0 Å². The molecule has 0 bridgehead atoms. The molecule has 0 radical (unpaired) electrons. The molecule has 8 heteroatoms. The van der Waals surface area contributed by atoms with Gasteiger partial charge in [-0.2, -0.15) is 11.8 Å². The van der Waals surface area contributed by atoms with Crippen molar-refractivity contribution in [1.82, 2.24) is 9.62 Å². The molecule has 0 aromatic heterocycles. The summed E-state index contributed by atoms with van der Waals surface area (Å²) in [6, 6.07) is 4.93. The standard InChI is InChI=1S/C13H22N4O2S2/c1-15-21(18,19)13-3-2-11(10-12(13)14)16-4-5-17-6-8-20-9-7-17/h2-3,10,15-16H,4-9,14H2,1H3. The minimum Gasteiger partial charge on any atom is -0.398 e. The molecule has 0 saturated carbocycles. The van der Waals surface area contributed by atoms with Gasteiger partial charge in [-0.25, -0.2) is 13.1 Å². The van der Waals surface area contributed by atoms with E-state index in [1.807, 2.05) is 11.8 Å². The summed E-state index contributed by atoms with van der Waals surface area (Å²) in [5.41, 5.74) is 6.92. The van der Waals surface area contributed by atoms with Gasteiger partial charge in [0, 0.05) is 43.4 Å². The van der Waals surface area contributed by atoms with E-state index in [1.165, 1.54) is 24.6 Å². The number of sulfonamides is 1. The van der Waals surface area contributed by atoms with Crippen molar-refractivity contribution >= 4 is 33.2 Å². The predicted molar refractivity (Wildman–Crippen MR) is 89.4 cm³/mol. The van der Waals surface area contributed by atoms with Crippen molar-refractivity contribution in [3.8, 4) is 0 Å². The Morgan fingerprint density at radius 2 is 2.05 bits per heavy atom. The van der Waals surface area contributed by atoms with Gasteiger partial charge < -0.3 is 11.1 Å². The van der Waals surface area contributed by atoms with E-state index in [-0.39, 0.29) is 10.6 Å². The smallest absolute Gasteiger partial charge is 0.242 e. The molecule has 1 aromatic rings. The molecule has 0 amide bonds. The quantitative estimate of drug-likeness (QED) is 0.664. The third-order valence-electron chi connectivity index (χ3n) is 3.43. The first-order valence-electron chi connectivity index (χ1n) is 6.90. The van der Waals surface area contributed by atoms with Crippen LogP contribution in [0.5, 0.6) is 0 Å². The summed E-state index contributed by atoms with van der Waals surface area (Å²) in [4.78, 5) is 2.54. The second-order valence-electron chi connectivity index (χ2n) is 4.84. The Kier molecular flexibility index (Phi) is 5.74. The van der Waals surface area contributed by atoms with Crippen LogP contribution >= 0.6 is 11.8 Å². The Hall–Kier alpha value is -0.960. The molecule has 1 aliphatic heterocycles. The molecule has 0 spiro atoms. The zero-order valence-corrected chi connectivity index (χ0v) is 13.8. The summed E-state index contributed by atoms with van der Waals surface area (Å²) in [5.74, 6) is 2.40. The number of benzene rings is 1. The molecule has 0 aliphatic carbocycles. The summed E-state index contributed by atoms with van der Waals surface area (Å²) in [6.07, 6.45) is 0. The highest BCUT2D eigenvalue weighted by atomic mass is 32.2. The van der Waals surface area contributed by atoms with Crippen molar-refractivity contribution < 1.29 is 8.42 Å².